The summed E-state index contributed by atoms with van der Waals surface area (Å²) in [5, 5.41) is 7.23. The number of hydrogen-bond donors (Lipinski definition) is 1. The fourth-order valence-electron chi connectivity index (χ4n) is 1.34. The molecule has 0 unspecified atom stereocenters. The third-order valence-corrected chi connectivity index (χ3v) is 2.10. The first-order valence-corrected chi connectivity index (χ1v) is 5.14. The Labute approximate surface area is 95.1 Å². The maximum atomic E-state index is 4.26. The monoisotopic (exact) mass is 211 g/mol. The van der Waals surface area contributed by atoms with Gasteiger partial charge in [0.2, 0.25) is 0 Å². The van der Waals surface area contributed by atoms with Crippen LogP contribution in [0.3, 0.4) is 0 Å². The minimum absolute atomic E-state index is 0.691. The van der Waals surface area contributed by atoms with Crippen LogP contribution >= 0.6 is 0 Å². The van der Waals surface area contributed by atoms with E-state index in [9.17, 15) is 0 Å². The SMILES string of the molecule is CNCC#Cc1cnn(-c2ccccc2)c1. The molecule has 0 saturated carbocycles. The smallest absolute Gasteiger partial charge is 0.0651 e. The van der Waals surface area contributed by atoms with Crippen molar-refractivity contribution in [2.24, 2.45) is 0 Å². The molecule has 80 valence electrons. The predicted octanol–water partition coefficient (Wildman–Crippen LogP) is 1.44. The average molecular weight is 211 g/mol. The van der Waals surface area contributed by atoms with Crippen LogP contribution < -0.4 is 5.32 Å². The molecule has 0 spiro atoms. The lowest BCUT2D eigenvalue weighted by molar-refractivity contribution is 0.880. The van der Waals surface area contributed by atoms with Crippen LogP contribution in [0.1, 0.15) is 5.56 Å². The van der Waals surface area contributed by atoms with Crippen molar-refractivity contribution in [1.29, 1.82) is 0 Å². The Hall–Kier alpha value is -2.05. The van der Waals surface area contributed by atoms with E-state index in [4.69, 9.17) is 0 Å². The van der Waals surface area contributed by atoms with Crippen molar-refractivity contribution in [2.75, 3.05) is 13.6 Å². The maximum absolute atomic E-state index is 4.26. The molecule has 0 atom stereocenters. The molecule has 0 amide bonds. The number of nitrogens with zero attached hydrogens (tertiary/aromatic N) is 2. The molecule has 2 aromatic rings. The van der Waals surface area contributed by atoms with Crippen molar-refractivity contribution in [3.05, 3.63) is 48.3 Å². The quantitative estimate of drug-likeness (QED) is 0.762. The molecule has 2 rings (SSSR count). The molecular weight excluding hydrogens is 198 g/mol. The fraction of sp³-hybridized carbons (Fsp3) is 0.154. The molecule has 16 heavy (non-hydrogen) atoms. The van der Waals surface area contributed by atoms with Crippen LogP contribution in [-0.2, 0) is 0 Å². The summed E-state index contributed by atoms with van der Waals surface area (Å²) in [6, 6.07) is 9.99. The van der Waals surface area contributed by atoms with Crippen molar-refractivity contribution in [3.63, 3.8) is 0 Å². The Balaban J connectivity index is 2.18. The minimum atomic E-state index is 0.691. The van der Waals surface area contributed by atoms with Crippen LogP contribution in [0, 0.1) is 11.8 Å². The summed E-state index contributed by atoms with van der Waals surface area (Å²) >= 11 is 0. The van der Waals surface area contributed by atoms with Gasteiger partial charge in [0.25, 0.3) is 0 Å². The first-order chi connectivity index (χ1) is 7.90. The van der Waals surface area contributed by atoms with Gasteiger partial charge in [-0.05, 0) is 19.2 Å². The van der Waals surface area contributed by atoms with E-state index in [1.165, 1.54) is 0 Å². The van der Waals surface area contributed by atoms with Gasteiger partial charge in [-0.25, -0.2) is 4.68 Å². The third-order valence-electron chi connectivity index (χ3n) is 2.10. The molecule has 0 fully saturated rings. The Morgan fingerprint density at radius 3 is 2.88 bits per heavy atom. The zero-order valence-corrected chi connectivity index (χ0v) is 9.14. The summed E-state index contributed by atoms with van der Waals surface area (Å²) in [6.45, 7) is 0.691. The second kappa shape index (κ2) is 5.15. The lowest BCUT2D eigenvalue weighted by Gasteiger charge is -1.98. The highest BCUT2D eigenvalue weighted by Crippen LogP contribution is 2.06. The van der Waals surface area contributed by atoms with Gasteiger partial charge in [-0.15, -0.1) is 0 Å². The number of aromatic nitrogens is 2. The van der Waals surface area contributed by atoms with Crippen LogP contribution in [0.15, 0.2) is 42.7 Å². The van der Waals surface area contributed by atoms with E-state index in [2.05, 4.69) is 22.3 Å². The van der Waals surface area contributed by atoms with Crippen LogP contribution in [0.5, 0.6) is 0 Å². The topological polar surface area (TPSA) is 29.9 Å². The van der Waals surface area contributed by atoms with Crippen molar-refractivity contribution >= 4 is 0 Å². The van der Waals surface area contributed by atoms with E-state index in [1.807, 2.05) is 48.3 Å². The summed E-state index contributed by atoms with van der Waals surface area (Å²) in [4.78, 5) is 0. The molecule has 3 nitrogen and oxygen atoms in total. The first kappa shape index (κ1) is 10.5. The van der Waals surface area contributed by atoms with E-state index < -0.39 is 0 Å². The lowest BCUT2D eigenvalue weighted by atomic mass is 10.3. The van der Waals surface area contributed by atoms with Crippen molar-refractivity contribution in [3.8, 4) is 17.5 Å². The Bertz CT molecular complexity index is 503. The number of hydrogen-bond acceptors (Lipinski definition) is 2. The van der Waals surface area contributed by atoms with E-state index in [-0.39, 0.29) is 0 Å². The second-order valence-electron chi connectivity index (χ2n) is 3.34. The molecule has 1 aromatic heterocycles. The van der Waals surface area contributed by atoms with Gasteiger partial charge < -0.3 is 5.32 Å². The zero-order chi connectivity index (χ0) is 11.2. The highest BCUT2D eigenvalue weighted by molar-refractivity contribution is 5.36. The number of nitrogens with one attached hydrogen (secondary N) is 1. The highest BCUT2D eigenvalue weighted by Gasteiger charge is 1.96. The van der Waals surface area contributed by atoms with E-state index >= 15 is 0 Å². The van der Waals surface area contributed by atoms with Crippen molar-refractivity contribution in [1.82, 2.24) is 15.1 Å². The van der Waals surface area contributed by atoms with Crippen molar-refractivity contribution < 1.29 is 0 Å². The first-order valence-electron chi connectivity index (χ1n) is 5.14. The lowest BCUT2D eigenvalue weighted by Crippen LogP contribution is -2.04. The van der Waals surface area contributed by atoms with Gasteiger partial charge >= 0.3 is 0 Å². The largest absolute Gasteiger partial charge is 0.309 e. The molecule has 0 saturated heterocycles. The highest BCUT2D eigenvalue weighted by atomic mass is 15.3. The van der Waals surface area contributed by atoms with Crippen LogP contribution in [0.25, 0.3) is 5.69 Å². The summed E-state index contributed by atoms with van der Waals surface area (Å²) in [6.07, 6.45) is 3.70. The molecule has 1 N–H and O–H groups in total. The molecule has 1 aromatic carbocycles. The molecule has 3 heteroatoms. The predicted molar refractivity (Wildman–Crippen MR) is 64.4 cm³/mol. The second-order valence-corrected chi connectivity index (χ2v) is 3.34. The normalized spacial score (nSPS) is 9.56. The maximum Gasteiger partial charge on any atom is 0.0651 e. The van der Waals surface area contributed by atoms with Gasteiger partial charge in [-0.3, -0.25) is 0 Å². The van der Waals surface area contributed by atoms with Gasteiger partial charge in [-0.1, -0.05) is 30.0 Å². The molecule has 0 aliphatic carbocycles. The molecule has 1 heterocycles. The molecule has 0 radical (unpaired) electrons. The summed E-state index contributed by atoms with van der Waals surface area (Å²) in [7, 11) is 1.88. The fourth-order valence-corrected chi connectivity index (χ4v) is 1.34. The van der Waals surface area contributed by atoms with E-state index in [1.54, 1.807) is 6.20 Å². The van der Waals surface area contributed by atoms with Crippen LogP contribution in [0.4, 0.5) is 0 Å². The summed E-state index contributed by atoms with van der Waals surface area (Å²) in [5.41, 5.74) is 1.98. The minimum Gasteiger partial charge on any atom is -0.309 e. The van der Waals surface area contributed by atoms with E-state index in [0.717, 1.165) is 11.3 Å². The van der Waals surface area contributed by atoms with Gasteiger partial charge in [0.15, 0.2) is 0 Å². The zero-order valence-electron chi connectivity index (χ0n) is 9.14. The van der Waals surface area contributed by atoms with Crippen molar-refractivity contribution in [2.45, 2.75) is 0 Å². The van der Waals surface area contributed by atoms with Gasteiger partial charge in [0.05, 0.1) is 24.0 Å². The number of para-hydroxylation sites is 1. The Kier molecular flexibility index (Phi) is 3.37. The number of benzene rings is 1. The molecule has 0 bridgehead atoms. The van der Waals surface area contributed by atoms with Crippen LogP contribution in [-0.4, -0.2) is 23.4 Å². The third kappa shape index (κ3) is 2.50. The van der Waals surface area contributed by atoms with Gasteiger partial charge in [-0.2, -0.15) is 5.10 Å². The summed E-state index contributed by atoms with van der Waals surface area (Å²) < 4.78 is 1.82. The standard InChI is InChI=1S/C13H13N3/c1-14-9-5-6-12-10-15-16(11-12)13-7-3-2-4-8-13/h2-4,7-8,10-11,14H,9H2,1H3. The van der Waals surface area contributed by atoms with Crippen LogP contribution in [0.2, 0.25) is 0 Å². The molecular formula is C13H13N3. The van der Waals surface area contributed by atoms with Gasteiger partial charge in [0, 0.05) is 6.20 Å². The van der Waals surface area contributed by atoms with E-state index in [0.29, 0.717) is 6.54 Å². The number of rotatable bonds is 2. The Morgan fingerprint density at radius 2 is 2.12 bits per heavy atom. The Morgan fingerprint density at radius 1 is 1.31 bits per heavy atom. The van der Waals surface area contributed by atoms with Gasteiger partial charge in [0.1, 0.15) is 0 Å². The average Bonchev–Trinajstić information content (AvgIpc) is 2.79. The molecule has 0 aliphatic heterocycles. The summed E-state index contributed by atoms with van der Waals surface area (Å²) in [5.74, 6) is 6.04. The molecule has 0 aliphatic rings.